The average molecular weight is 283 g/mol. The third-order valence-electron chi connectivity index (χ3n) is 2.45. The van der Waals surface area contributed by atoms with Crippen molar-refractivity contribution < 1.29 is 9.13 Å². The van der Waals surface area contributed by atoms with E-state index >= 15 is 0 Å². The molecule has 100 valence electrons. The number of rotatable bonds is 4. The molecule has 0 radical (unpaired) electrons. The first-order valence-corrected chi connectivity index (χ1v) is 5.83. The van der Waals surface area contributed by atoms with Crippen LogP contribution in [0.2, 0.25) is 5.02 Å². The summed E-state index contributed by atoms with van der Waals surface area (Å²) in [6.45, 7) is 0. The lowest BCUT2D eigenvalue weighted by Gasteiger charge is -2.13. The fraction of sp³-hybridized carbons (Fsp3) is 0.167. The average Bonchev–Trinajstić information content (AvgIpc) is 2.42. The lowest BCUT2D eigenvalue weighted by Crippen LogP contribution is -2.04. The third-order valence-corrected chi connectivity index (χ3v) is 2.77. The molecule has 0 atom stereocenters. The van der Waals surface area contributed by atoms with Gasteiger partial charge in [0.25, 0.3) is 0 Å². The van der Waals surface area contributed by atoms with Crippen molar-refractivity contribution in [1.29, 1.82) is 0 Å². The molecule has 0 aliphatic heterocycles. The van der Waals surface area contributed by atoms with Gasteiger partial charge in [0.15, 0.2) is 11.6 Å². The summed E-state index contributed by atoms with van der Waals surface area (Å²) in [7, 11) is 3.18. The molecule has 0 saturated carbocycles. The Balaban J connectivity index is 2.44. The lowest BCUT2D eigenvalue weighted by atomic mass is 10.3. The summed E-state index contributed by atoms with van der Waals surface area (Å²) >= 11 is 5.95. The summed E-state index contributed by atoms with van der Waals surface area (Å²) in [6, 6.07) is 4.42. The first kappa shape index (κ1) is 13.4. The quantitative estimate of drug-likeness (QED) is 0.902. The number of nitrogens with zero attached hydrogens (tertiary/aromatic N) is 2. The van der Waals surface area contributed by atoms with Gasteiger partial charge >= 0.3 is 0 Å². The van der Waals surface area contributed by atoms with Crippen LogP contribution in [0, 0.1) is 5.82 Å². The lowest BCUT2D eigenvalue weighted by molar-refractivity contribution is 0.415. The van der Waals surface area contributed by atoms with Crippen molar-refractivity contribution in [3.8, 4) is 5.75 Å². The number of methoxy groups -OCH3 is 1. The van der Waals surface area contributed by atoms with Crippen molar-refractivity contribution in [3.05, 3.63) is 35.4 Å². The molecule has 2 N–H and O–H groups in total. The molecule has 0 unspecified atom stereocenters. The number of aromatic nitrogens is 2. The minimum absolute atomic E-state index is 0.142. The Bertz CT molecular complexity index is 574. The number of nitrogens with one attached hydrogen (secondary N) is 2. The van der Waals surface area contributed by atoms with Crippen LogP contribution >= 0.6 is 11.6 Å². The van der Waals surface area contributed by atoms with Gasteiger partial charge in [-0.3, -0.25) is 0 Å². The fourth-order valence-corrected chi connectivity index (χ4v) is 1.78. The molecule has 2 rings (SSSR count). The molecule has 2 aromatic rings. The maximum Gasteiger partial charge on any atom is 0.204 e. The summed E-state index contributed by atoms with van der Waals surface area (Å²) < 4.78 is 18.9. The van der Waals surface area contributed by atoms with Crippen LogP contribution in [-0.2, 0) is 0 Å². The van der Waals surface area contributed by atoms with Gasteiger partial charge in [-0.25, -0.2) is 14.4 Å². The summed E-state index contributed by atoms with van der Waals surface area (Å²) in [5, 5.41) is 5.93. The normalized spacial score (nSPS) is 10.1. The van der Waals surface area contributed by atoms with Crippen molar-refractivity contribution in [2.75, 3.05) is 24.8 Å². The van der Waals surface area contributed by atoms with Gasteiger partial charge in [-0.05, 0) is 12.1 Å². The highest BCUT2D eigenvalue weighted by molar-refractivity contribution is 6.33. The fourth-order valence-electron chi connectivity index (χ4n) is 1.57. The smallest absolute Gasteiger partial charge is 0.204 e. The van der Waals surface area contributed by atoms with Crippen LogP contribution in [-0.4, -0.2) is 24.1 Å². The molecule has 0 amide bonds. The Morgan fingerprint density at radius 1 is 1.26 bits per heavy atom. The highest BCUT2D eigenvalue weighted by Crippen LogP contribution is 2.34. The Hall–Kier alpha value is -2.08. The highest BCUT2D eigenvalue weighted by atomic mass is 35.5. The molecule has 0 saturated heterocycles. The standard InChI is InChI=1S/C12H12ClFN4O/c1-15-11-10(19-2)12(17-6-16-11)18-9-7(13)4-3-5-8(9)14/h3-6H,1-2H3,(H2,15,16,17,18). The first-order valence-electron chi connectivity index (χ1n) is 5.45. The second kappa shape index (κ2) is 5.71. The van der Waals surface area contributed by atoms with Crippen LogP contribution in [0.4, 0.5) is 21.7 Å². The van der Waals surface area contributed by atoms with E-state index in [0.29, 0.717) is 17.4 Å². The predicted octanol–water partition coefficient (Wildman–Crippen LogP) is 3.06. The number of ether oxygens (including phenoxy) is 1. The number of hydrogen-bond acceptors (Lipinski definition) is 5. The predicted molar refractivity (Wildman–Crippen MR) is 72.8 cm³/mol. The molecular weight excluding hydrogens is 271 g/mol. The van der Waals surface area contributed by atoms with E-state index < -0.39 is 5.82 Å². The van der Waals surface area contributed by atoms with Gasteiger partial charge in [-0.1, -0.05) is 17.7 Å². The Morgan fingerprint density at radius 2 is 2.00 bits per heavy atom. The molecule has 0 bridgehead atoms. The highest BCUT2D eigenvalue weighted by Gasteiger charge is 2.14. The molecule has 1 aromatic carbocycles. The summed E-state index contributed by atoms with van der Waals surface area (Å²) in [5.74, 6) is 0.727. The maximum atomic E-state index is 13.7. The van der Waals surface area contributed by atoms with Crippen LogP contribution in [0.15, 0.2) is 24.5 Å². The van der Waals surface area contributed by atoms with Crippen LogP contribution in [0.1, 0.15) is 0 Å². The molecule has 1 aromatic heterocycles. The van der Waals surface area contributed by atoms with E-state index in [0.717, 1.165) is 0 Å². The topological polar surface area (TPSA) is 59.1 Å². The van der Waals surface area contributed by atoms with Gasteiger partial charge in [-0.15, -0.1) is 0 Å². The summed E-state index contributed by atoms with van der Waals surface area (Å²) in [6.07, 6.45) is 1.34. The zero-order valence-corrected chi connectivity index (χ0v) is 11.1. The molecule has 0 spiro atoms. The van der Waals surface area contributed by atoms with E-state index in [1.807, 2.05) is 0 Å². The van der Waals surface area contributed by atoms with Crippen LogP contribution in [0.5, 0.6) is 5.75 Å². The molecule has 19 heavy (non-hydrogen) atoms. The van der Waals surface area contributed by atoms with Gasteiger partial charge in [0.1, 0.15) is 12.1 Å². The van der Waals surface area contributed by atoms with Crippen molar-refractivity contribution in [1.82, 2.24) is 9.97 Å². The van der Waals surface area contributed by atoms with Crippen molar-refractivity contribution in [2.24, 2.45) is 0 Å². The molecule has 7 heteroatoms. The molecule has 5 nitrogen and oxygen atoms in total. The number of halogens is 2. The Labute approximate surface area is 114 Å². The Kier molecular flexibility index (Phi) is 4.01. The second-order valence-electron chi connectivity index (χ2n) is 3.58. The van der Waals surface area contributed by atoms with Gasteiger partial charge in [0, 0.05) is 7.05 Å². The van der Waals surface area contributed by atoms with Crippen molar-refractivity contribution >= 4 is 28.9 Å². The van der Waals surface area contributed by atoms with Crippen LogP contribution in [0.3, 0.4) is 0 Å². The third kappa shape index (κ3) is 2.68. The Morgan fingerprint density at radius 3 is 2.63 bits per heavy atom. The van der Waals surface area contributed by atoms with Crippen molar-refractivity contribution in [3.63, 3.8) is 0 Å². The first-order chi connectivity index (χ1) is 9.17. The van der Waals surface area contributed by atoms with Gasteiger partial charge in [0.05, 0.1) is 17.8 Å². The largest absolute Gasteiger partial charge is 0.490 e. The second-order valence-corrected chi connectivity index (χ2v) is 3.98. The monoisotopic (exact) mass is 282 g/mol. The molecular formula is C12H12ClFN4O. The molecule has 1 heterocycles. The SMILES string of the molecule is CNc1ncnc(Nc2c(F)cccc2Cl)c1OC. The van der Waals surface area contributed by atoms with E-state index in [1.165, 1.54) is 25.6 Å². The molecule has 0 aliphatic carbocycles. The van der Waals surface area contributed by atoms with Gasteiger partial charge < -0.3 is 15.4 Å². The minimum Gasteiger partial charge on any atom is -0.490 e. The van der Waals surface area contributed by atoms with E-state index in [4.69, 9.17) is 16.3 Å². The van der Waals surface area contributed by atoms with Crippen LogP contribution < -0.4 is 15.4 Å². The molecule has 0 fully saturated rings. The molecule has 0 aliphatic rings. The van der Waals surface area contributed by atoms with Crippen LogP contribution in [0.25, 0.3) is 0 Å². The van der Waals surface area contributed by atoms with E-state index in [2.05, 4.69) is 20.6 Å². The van der Waals surface area contributed by atoms with Gasteiger partial charge in [0.2, 0.25) is 5.75 Å². The van der Waals surface area contributed by atoms with E-state index in [1.54, 1.807) is 13.1 Å². The number of hydrogen-bond donors (Lipinski definition) is 2. The summed E-state index contributed by atoms with van der Waals surface area (Å²) in [5.41, 5.74) is 0.142. The summed E-state index contributed by atoms with van der Waals surface area (Å²) in [4.78, 5) is 8.02. The number of anilines is 3. The maximum absolute atomic E-state index is 13.7. The van der Waals surface area contributed by atoms with E-state index in [9.17, 15) is 4.39 Å². The minimum atomic E-state index is -0.473. The van der Waals surface area contributed by atoms with E-state index in [-0.39, 0.29) is 10.7 Å². The zero-order chi connectivity index (χ0) is 13.8. The number of benzene rings is 1. The number of para-hydroxylation sites is 1. The zero-order valence-electron chi connectivity index (χ0n) is 10.4. The van der Waals surface area contributed by atoms with Crippen molar-refractivity contribution in [2.45, 2.75) is 0 Å². The van der Waals surface area contributed by atoms with Gasteiger partial charge in [-0.2, -0.15) is 0 Å².